The Morgan fingerprint density at radius 1 is 1.32 bits per heavy atom. The Hall–Kier alpha value is -2.76. The van der Waals surface area contributed by atoms with Gasteiger partial charge in [0.15, 0.2) is 0 Å². The molecule has 11 heteroatoms. The summed E-state index contributed by atoms with van der Waals surface area (Å²) in [7, 11) is -2.51. The van der Waals surface area contributed by atoms with Gasteiger partial charge < -0.3 is 14.8 Å². The number of methoxy groups -OCH3 is 1. The zero-order valence-corrected chi connectivity index (χ0v) is 18.1. The molecule has 1 aromatic heterocycles. The van der Waals surface area contributed by atoms with Crippen molar-refractivity contribution in [2.75, 3.05) is 25.6 Å². The number of rotatable bonds is 6. The molecule has 1 aromatic carbocycles. The molecule has 1 saturated heterocycles. The molecule has 1 fully saturated rings. The highest BCUT2D eigenvalue weighted by atomic mass is 32.2. The lowest BCUT2D eigenvalue weighted by Gasteiger charge is -2.15. The Bertz CT molecular complexity index is 1130. The fraction of sp³-hybridized carbons (Fsp3) is 0.450. The predicted molar refractivity (Wildman–Crippen MR) is 112 cm³/mol. The van der Waals surface area contributed by atoms with Crippen LogP contribution in [0.4, 0.5) is 5.82 Å². The lowest BCUT2D eigenvalue weighted by atomic mass is 10.1. The Kier molecular flexibility index (Phi) is 5.82. The summed E-state index contributed by atoms with van der Waals surface area (Å²) >= 11 is 0. The number of hydrogen-bond acceptors (Lipinski definition) is 7. The number of amides is 1. The van der Waals surface area contributed by atoms with Gasteiger partial charge in [-0.25, -0.2) is 13.1 Å². The largest absolute Gasteiger partial charge is 0.495 e. The van der Waals surface area contributed by atoms with Crippen LogP contribution in [0, 0.1) is 6.92 Å². The summed E-state index contributed by atoms with van der Waals surface area (Å²) in [6.07, 6.45) is 1.67. The third-order valence-electron chi connectivity index (χ3n) is 5.39. The summed E-state index contributed by atoms with van der Waals surface area (Å²) < 4.78 is 40.6. The molecule has 2 aliphatic rings. The maximum absolute atomic E-state index is 13.0. The molecule has 0 bridgehead atoms. The average Bonchev–Trinajstić information content (AvgIpc) is 3.35. The minimum absolute atomic E-state index is 0.0453. The number of ether oxygens (including phenoxy) is 2. The first-order chi connectivity index (χ1) is 14.8. The Morgan fingerprint density at radius 3 is 2.84 bits per heavy atom. The van der Waals surface area contributed by atoms with Gasteiger partial charge in [0.1, 0.15) is 16.5 Å². The van der Waals surface area contributed by atoms with E-state index in [1.807, 2.05) is 0 Å². The average molecular weight is 449 g/mol. The van der Waals surface area contributed by atoms with E-state index >= 15 is 0 Å². The van der Waals surface area contributed by atoms with E-state index in [1.165, 1.54) is 17.9 Å². The second-order valence-corrected chi connectivity index (χ2v) is 9.25. The highest BCUT2D eigenvalue weighted by Gasteiger charge is 2.28. The number of nitrogens with one attached hydrogen (secondary N) is 2. The molecule has 0 spiro atoms. The van der Waals surface area contributed by atoms with E-state index in [0.29, 0.717) is 23.4 Å². The molecule has 2 N–H and O–H groups in total. The summed E-state index contributed by atoms with van der Waals surface area (Å²) in [4.78, 5) is 24.4. The van der Waals surface area contributed by atoms with Crippen molar-refractivity contribution in [2.45, 2.75) is 43.6 Å². The molecule has 3 heterocycles. The Balaban J connectivity index is 1.75. The van der Waals surface area contributed by atoms with E-state index in [1.54, 1.807) is 19.1 Å². The van der Waals surface area contributed by atoms with Crippen molar-refractivity contribution in [3.63, 3.8) is 0 Å². The first-order valence-corrected chi connectivity index (χ1v) is 11.5. The molecular weight excluding hydrogens is 424 g/mol. The van der Waals surface area contributed by atoms with Crippen LogP contribution in [0.3, 0.4) is 0 Å². The lowest BCUT2D eigenvalue weighted by Crippen LogP contribution is -2.32. The van der Waals surface area contributed by atoms with Crippen LogP contribution in [0.15, 0.2) is 23.1 Å². The number of anilines is 1. The second kappa shape index (κ2) is 8.40. The van der Waals surface area contributed by atoms with Crippen molar-refractivity contribution in [2.24, 2.45) is 0 Å². The normalized spacial score (nSPS) is 19.1. The first kappa shape index (κ1) is 21.5. The Labute approximate surface area is 180 Å². The van der Waals surface area contributed by atoms with Crippen molar-refractivity contribution in [1.29, 1.82) is 0 Å². The summed E-state index contributed by atoms with van der Waals surface area (Å²) in [5, 5.41) is 6.98. The summed E-state index contributed by atoms with van der Waals surface area (Å²) in [6.45, 7) is 2.49. The minimum Gasteiger partial charge on any atom is -0.495 e. The molecule has 1 amide bonds. The third kappa shape index (κ3) is 4.21. The van der Waals surface area contributed by atoms with E-state index in [4.69, 9.17) is 9.47 Å². The van der Waals surface area contributed by atoms with Gasteiger partial charge in [0.25, 0.3) is 0 Å². The topological polar surface area (TPSA) is 129 Å². The molecule has 10 nitrogen and oxygen atoms in total. The molecule has 2 aliphatic heterocycles. The summed E-state index contributed by atoms with van der Waals surface area (Å²) in [5.74, 6) is -0.180. The van der Waals surface area contributed by atoms with Crippen molar-refractivity contribution >= 4 is 27.7 Å². The zero-order valence-electron chi connectivity index (χ0n) is 17.3. The number of carbonyl (C=O) groups is 2. The van der Waals surface area contributed by atoms with Crippen LogP contribution in [0.1, 0.15) is 36.2 Å². The SMILES string of the molecule is COc1ccc(-c2c(C)nn3c2NC(=O)CCC3=O)cc1S(=O)(=O)NCC1CCCO1. The number of aromatic nitrogens is 2. The summed E-state index contributed by atoms with van der Waals surface area (Å²) in [6, 6.07) is 4.67. The molecule has 166 valence electrons. The zero-order chi connectivity index (χ0) is 22.2. The number of fused-ring (bicyclic) bond motifs is 1. The quantitative estimate of drug-likeness (QED) is 0.688. The van der Waals surface area contributed by atoms with Crippen LogP contribution in [0.2, 0.25) is 0 Å². The van der Waals surface area contributed by atoms with Crippen LogP contribution >= 0.6 is 0 Å². The molecule has 0 saturated carbocycles. The molecular formula is C20H24N4O6S. The van der Waals surface area contributed by atoms with Gasteiger partial charge in [-0.2, -0.15) is 9.78 Å². The number of nitrogens with zero attached hydrogens (tertiary/aromatic N) is 2. The van der Waals surface area contributed by atoms with Gasteiger partial charge in [-0.05, 0) is 37.5 Å². The van der Waals surface area contributed by atoms with Crippen molar-refractivity contribution in [3.8, 4) is 16.9 Å². The fourth-order valence-corrected chi connectivity index (χ4v) is 5.08. The molecule has 31 heavy (non-hydrogen) atoms. The van der Waals surface area contributed by atoms with Crippen molar-refractivity contribution in [3.05, 3.63) is 23.9 Å². The van der Waals surface area contributed by atoms with Gasteiger partial charge in [0, 0.05) is 31.6 Å². The van der Waals surface area contributed by atoms with Crippen molar-refractivity contribution in [1.82, 2.24) is 14.5 Å². The monoisotopic (exact) mass is 448 g/mol. The highest BCUT2D eigenvalue weighted by Crippen LogP contribution is 2.36. The predicted octanol–water partition coefficient (Wildman–Crippen LogP) is 1.70. The highest BCUT2D eigenvalue weighted by molar-refractivity contribution is 7.89. The second-order valence-electron chi connectivity index (χ2n) is 7.52. The third-order valence-corrected chi connectivity index (χ3v) is 6.83. The van der Waals surface area contributed by atoms with Crippen molar-refractivity contribution < 1.29 is 27.5 Å². The number of aryl methyl sites for hydroxylation is 1. The maximum atomic E-state index is 13.0. The standard InChI is InChI=1S/C20H24N4O6S/c1-12-19(20-22-17(25)7-8-18(26)24(20)23-12)13-5-6-15(29-2)16(10-13)31(27,28)21-11-14-4-3-9-30-14/h5-6,10,14,21H,3-4,7-9,11H2,1-2H3,(H,22,25). The smallest absolute Gasteiger partial charge is 0.249 e. The molecule has 1 atom stereocenters. The van der Waals surface area contributed by atoms with Crippen LogP contribution in [-0.2, 0) is 19.6 Å². The van der Waals surface area contributed by atoms with Gasteiger partial charge in [0.05, 0.1) is 18.9 Å². The maximum Gasteiger partial charge on any atom is 0.249 e. The number of hydrogen-bond donors (Lipinski definition) is 2. The number of carbonyl (C=O) groups excluding carboxylic acids is 2. The van der Waals surface area contributed by atoms with Gasteiger partial charge >= 0.3 is 0 Å². The first-order valence-electron chi connectivity index (χ1n) is 10.0. The van der Waals surface area contributed by atoms with Gasteiger partial charge in [-0.15, -0.1) is 0 Å². The minimum atomic E-state index is -3.90. The lowest BCUT2D eigenvalue weighted by molar-refractivity contribution is -0.116. The van der Waals surface area contributed by atoms with E-state index in [-0.39, 0.29) is 53.8 Å². The summed E-state index contributed by atoms with van der Waals surface area (Å²) in [5.41, 5.74) is 1.47. The van der Waals surface area contributed by atoms with Crippen LogP contribution in [-0.4, -0.2) is 56.4 Å². The molecule has 0 aliphatic carbocycles. The number of sulfonamides is 1. The molecule has 2 aromatic rings. The van der Waals surface area contributed by atoms with E-state index in [2.05, 4.69) is 15.1 Å². The number of benzene rings is 1. The van der Waals surface area contributed by atoms with Crippen LogP contribution in [0.25, 0.3) is 11.1 Å². The van der Waals surface area contributed by atoms with E-state index < -0.39 is 10.0 Å². The molecule has 0 radical (unpaired) electrons. The van der Waals surface area contributed by atoms with Gasteiger partial charge in [-0.1, -0.05) is 6.07 Å². The molecule has 1 unspecified atom stereocenters. The Morgan fingerprint density at radius 2 is 2.13 bits per heavy atom. The van der Waals surface area contributed by atoms with Gasteiger partial charge in [0.2, 0.25) is 21.8 Å². The van der Waals surface area contributed by atoms with Crippen LogP contribution in [0.5, 0.6) is 5.75 Å². The van der Waals surface area contributed by atoms with E-state index in [9.17, 15) is 18.0 Å². The van der Waals surface area contributed by atoms with Crippen LogP contribution < -0.4 is 14.8 Å². The van der Waals surface area contributed by atoms with E-state index in [0.717, 1.165) is 12.8 Å². The fourth-order valence-electron chi connectivity index (χ4n) is 3.82. The molecule has 4 rings (SSSR count). The van der Waals surface area contributed by atoms with Gasteiger partial charge in [-0.3, -0.25) is 9.59 Å².